The Morgan fingerprint density at radius 2 is 1.78 bits per heavy atom. The van der Waals surface area contributed by atoms with Crippen LogP contribution in [0.2, 0.25) is 0 Å². The van der Waals surface area contributed by atoms with Crippen molar-refractivity contribution in [2.45, 2.75) is 65.3 Å². The van der Waals surface area contributed by atoms with E-state index in [1.165, 1.54) is 4.90 Å². The lowest BCUT2D eigenvalue weighted by atomic mass is 9.85. The van der Waals surface area contributed by atoms with Crippen LogP contribution in [0, 0.1) is 12.3 Å². The molecule has 254 valence electrons. The summed E-state index contributed by atoms with van der Waals surface area (Å²) >= 11 is 1.58. The number of piperazine rings is 1. The number of aryl methyl sites for hydroxylation is 1. The largest absolute Gasteiger partial charge is 0.391 e. The predicted molar refractivity (Wildman–Crippen MR) is 177 cm³/mol. The van der Waals surface area contributed by atoms with Gasteiger partial charge in [0, 0.05) is 58.7 Å². The zero-order valence-electron chi connectivity index (χ0n) is 27.5. The molecular formula is C33H50N6O6S. The maximum atomic E-state index is 13.8. The van der Waals surface area contributed by atoms with Crippen LogP contribution in [0.4, 0.5) is 0 Å². The summed E-state index contributed by atoms with van der Waals surface area (Å²) in [6, 6.07) is 6.20. The molecule has 12 nitrogen and oxygen atoms in total. The van der Waals surface area contributed by atoms with Crippen molar-refractivity contribution >= 4 is 29.1 Å². The minimum absolute atomic E-state index is 0.0278. The minimum atomic E-state index is -0.878. The molecule has 13 heteroatoms. The number of β-amino-alcohol motifs (C(OH)–C–C–N with tert-alkyl or cyclic N) is 1. The Hall–Kier alpha value is -2.94. The number of aliphatic hydroxyl groups is 1. The number of nitrogens with zero attached hydrogens (tertiary/aromatic N) is 3. The molecule has 1 aromatic carbocycles. The van der Waals surface area contributed by atoms with Gasteiger partial charge in [0.1, 0.15) is 12.1 Å². The molecule has 2 aromatic rings. The first-order valence-electron chi connectivity index (χ1n) is 16.2. The van der Waals surface area contributed by atoms with Crippen LogP contribution in [-0.2, 0) is 30.4 Å². The summed E-state index contributed by atoms with van der Waals surface area (Å²) in [5.41, 5.74) is 4.16. The Balaban J connectivity index is 1.22. The van der Waals surface area contributed by atoms with Gasteiger partial charge < -0.3 is 35.4 Å². The van der Waals surface area contributed by atoms with Crippen molar-refractivity contribution in [2.75, 3.05) is 65.7 Å². The summed E-state index contributed by atoms with van der Waals surface area (Å²) in [6.07, 6.45) is -0.600. The van der Waals surface area contributed by atoms with E-state index >= 15 is 0 Å². The van der Waals surface area contributed by atoms with Crippen molar-refractivity contribution in [2.24, 2.45) is 5.41 Å². The van der Waals surface area contributed by atoms with Crippen LogP contribution in [0.3, 0.4) is 0 Å². The molecule has 2 aliphatic rings. The molecule has 2 fully saturated rings. The van der Waals surface area contributed by atoms with Crippen LogP contribution < -0.4 is 16.0 Å². The summed E-state index contributed by atoms with van der Waals surface area (Å²) in [7, 11) is 0. The minimum Gasteiger partial charge on any atom is -0.391 e. The average Bonchev–Trinajstić information content (AvgIpc) is 3.65. The van der Waals surface area contributed by atoms with Crippen molar-refractivity contribution in [3.05, 3.63) is 41.0 Å². The Morgan fingerprint density at radius 3 is 2.43 bits per heavy atom. The van der Waals surface area contributed by atoms with Gasteiger partial charge in [0.05, 0.1) is 48.6 Å². The zero-order valence-corrected chi connectivity index (χ0v) is 28.4. The molecule has 0 unspecified atom stereocenters. The van der Waals surface area contributed by atoms with Crippen molar-refractivity contribution < 1.29 is 29.0 Å². The fourth-order valence-corrected chi connectivity index (χ4v) is 6.44. The molecule has 0 spiro atoms. The van der Waals surface area contributed by atoms with E-state index in [4.69, 9.17) is 9.47 Å². The lowest BCUT2D eigenvalue weighted by Gasteiger charge is -2.35. The third-order valence-electron chi connectivity index (χ3n) is 8.32. The van der Waals surface area contributed by atoms with E-state index in [1.807, 2.05) is 57.5 Å². The normalized spacial score (nSPS) is 19.6. The summed E-state index contributed by atoms with van der Waals surface area (Å²) < 4.78 is 11.2. The molecule has 46 heavy (non-hydrogen) atoms. The van der Waals surface area contributed by atoms with Crippen LogP contribution in [0.5, 0.6) is 0 Å². The number of aromatic nitrogens is 1. The average molecular weight is 659 g/mol. The molecule has 3 atom stereocenters. The third-order valence-corrected chi connectivity index (χ3v) is 9.30. The van der Waals surface area contributed by atoms with Gasteiger partial charge in [0.25, 0.3) is 0 Å². The van der Waals surface area contributed by atoms with Crippen molar-refractivity contribution in [1.29, 1.82) is 0 Å². The number of thiazole rings is 1. The van der Waals surface area contributed by atoms with Gasteiger partial charge in [0.15, 0.2) is 0 Å². The predicted octanol–water partition coefficient (Wildman–Crippen LogP) is 1.56. The molecular weight excluding hydrogens is 608 g/mol. The van der Waals surface area contributed by atoms with Gasteiger partial charge in [-0.25, -0.2) is 4.98 Å². The highest BCUT2D eigenvalue weighted by molar-refractivity contribution is 7.13. The Labute approximate surface area is 276 Å². The number of amides is 3. The van der Waals surface area contributed by atoms with Gasteiger partial charge >= 0.3 is 0 Å². The molecule has 4 rings (SSSR count). The molecule has 4 N–H and O–H groups in total. The SMILES string of the molecule is Cc1ncsc1-c1ccc(CNC(=O)[C@@H]2C[C@@H](O)CN2C(=O)[C@@H](NC(=O)CCOCCOCCN2CCNCC2)C(C)(C)C)cc1. The highest BCUT2D eigenvalue weighted by Crippen LogP contribution is 2.28. The standard InChI is InChI=1S/C33H50N6O6S/c1-23-29(46-22-36-23)25-7-5-24(6-8-25)20-35-31(42)27-19-26(40)21-39(27)32(43)30(33(2,3)4)37-28(41)9-15-44-17-18-45-16-14-38-12-10-34-11-13-38/h5-8,22,26-27,30,34,40H,9-21H2,1-4H3,(H,35,42)(H,37,41)/t26-,27+,30-/m1/s1. The second kappa shape index (κ2) is 17.3. The lowest BCUT2D eigenvalue weighted by Crippen LogP contribution is -2.57. The van der Waals surface area contributed by atoms with E-state index in [-0.39, 0.29) is 50.3 Å². The maximum absolute atomic E-state index is 13.8. The van der Waals surface area contributed by atoms with Gasteiger partial charge in [-0.05, 0) is 23.5 Å². The molecule has 2 saturated heterocycles. The van der Waals surface area contributed by atoms with Crippen molar-refractivity contribution in [1.82, 2.24) is 30.7 Å². The van der Waals surface area contributed by atoms with Gasteiger partial charge in [-0.2, -0.15) is 0 Å². The number of rotatable bonds is 15. The van der Waals surface area contributed by atoms with E-state index in [1.54, 1.807) is 11.3 Å². The molecule has 3 amide bonds. The number of hydrogen-bond acceptors (Lipinski definition) is 10. The van der Waals surface area contributed by atoms with E-state index in [0.717, 1.165) is 54.4 Å². The van der Waals surface area contributed by atoms with E-state index in [2.05, 4.69) is 25.8 Å². The van der Waals surface area contributed by atoms with Gasteiger partial charge in [-0.15, -0.1) is 11.3 Å². The first-order valence-corrected chi connectivity index (χ1v) is 17.0. The number of carbonyl (C=O) groups is 3. The van der Waals surface area contributed by atoms with Crippen molar-refractivity contribution in [3.63, 3.8) is 0 Å². The number of aliphatic hydroxyl groups excluding tert-OH is 1. The number of benzene rings is 1. The maximum Gasteiger partial charge on any atom is 0.246 e. The number of hydrogen-bond donors (Lipinski definition) is 4. The first kappa shape index (κ1) is 35.9. The van der Waals surface area contributed by atoms with Crippen LogP contribution in [0.15, 0.2) is 29.8 Å². The van der Waals surface area contributed by atoms with E-state index in [0.29, 0.717) is 19.8 Å². The Morgan fingerprint density at radius 1 is 1.09 bits per heavy atom. The van der Waals surface area contributed by atoms with E-state index in [9.17, 15) is 19.5 Å². The van der Waals surface area contributed by atoms with Gasteiger partial charge in [0.2, 0.25) is 17.7 Å². The quantitative estimate of drug-likeness (QED) is 0.210. The summed E-state index contributed by atoms with van der Waals surface area (Å²) in [6.45, 7) is 14.5. The van der Waals surface area contributed by atoms with Crippen LogP contribution in [0.1, 0.15) is 44.9 Å². The lowest BCUT2D eigenvalue weighted by molar-refractivity contribution is -0.144. The molecule has 3 heterocycles. The smallest absolute Gasteiger partial charge is 0.246 e. The first-order chi connectivity index (χ1) is 22.0. The second-order valence-corrected chi connectivity index (χ2v) is 13.9. The molecule has 0 bridgehead atoms. The molecule has 0 radical (unpaired) electrons. The highest BCUT2D eigenvalue weighted by Gasteiger charge is 2.44. The second-order valence-electron chi connectivity index (χ2n) is 13.0. The van der Waals surface area contributed by atoms with Crippen LogP contribution in [-0.4, -0.2) is 121 Å². The van der Waals surface area contributed by atoms with Crippen LogP contribution in [0.25, 0.3) is 10.4 Å². The van der Waals surface area contributed by atoms with Crippen molar-refractivity contribution in [3.8, 4) is 10.4 Å². The zero-order chi connectivity index (χ0) is 33.1. The van der Waals surface area contributed by atoms with Gasteiger partial charge in [-0.1, -0.05) is 45.0 Å². The number of likely N-dealkylation sites (tertiary alicyclic amines) is 1. The third kappa shape index (κ3) is 10.5. The number of ether oxygens (including phenoxy) is 2. The molecule has 0 saturated carbocycles. The monoisotopic (exact) mass is 658 g/mol. The van der Waals surface area contributed by atoms with Gasteiger partial charge in [-0.3, -0.25) is 19.3 Å². The number of carbonyl (C=O) groups excluding carboxylic acids is 3. The Bertz CT molecular complexity index is 1280. The fraction of sp³-hybridized carbons (Fsp3) is 0.636. The van der Waals surface area contributed by atoms with E-state index < -0.39 is 23.6 Å². The molecule has 1 aromatic heterocycles. The Kier molecular flexibility index (Phi) is 13.5. The number of nitrogens with one attached hydrogen (secondary N) is 3. The highest BCUT2D eigenvalue weighted by atomic mass is 32.1. The fourth-order valence-electron chi connectivity index (χ4n) is 5.63. The molecule has 2 aliphatic heterocycles. The topological polar surface area (TPSA) is 145 Å². The van der Waals surface area contributed by atoms with Crippen LogP contribution >= 0.6 is 11.3 Å². The summed E-state index contributed by atoms with van der Waals surface area (Å²) in [5.74, 6) is -1.04. The summed E-state index contributed by atoms with van der Waals surface area (Å²) in [5, 5.41) is 19.6. The summed E-state index contributed by atoms with van der Waals surface area (Å²) in [4.78, 5) is 49.1. The molecule has 0 aliphatic carbocycles.